The van der Waals surface area contributed by atoms with Gasteiger partial charge in [0.05, 0.1) is 19.5 Å². The van der Waals surface area contributed by atoms with Gasteiger partial charge in [0, 0.05) is 20.4 Å². The van der Waals surface area contributed by atoms with Crippen LogP contribution in [0.25, 0.3) is 0 Å². The van der Waals surface area contributed by atoms with Crippen LogP contribution in [0.2, 0.25) is 0 Å². The van der Waals surface area contributed by atoms with Crippen molar-refractivity contribution in [2.24, 2.45) is 10.4 Å². The van der Waals surface area contributed by atoms with E-state index in [1.54, 1.807) is 0 Å². The monoisotopic (exact) mass is 509 g/mol. The fourth-order valence-corrected chi connectivity index (χ4v) is 6.27. The minimum absolute atomic E-state index is 0. The van der Waals surface area contributed by atoms with Crippen molar-refractivity contribution in [2.75, 3.05) is 6.61 Å². The first-order valence-electron chi connectivity index (χ1n) is 9.82. The number of nitrogens with zero attached hydrogens (tertiary/aromatic N) is 1. The molecule has 3 aromatic rings. The molecule has 0 bridgehead atoms. The van der Waals surface area contributed by atoms with Gasteiger partial charge in [-0.3, -0.25) is 0 Å². The second kappa shape index (κ2) is 10.5. The van der Waals surface area contributed by atoms with Crippen LogP contribution in [-0.2, 0) is 25.2 Å². The van der Waals surface area contributed by atoms with Crippen LogP contribution in [0.1, 0.15) is 26.3 Å². The summed E-state index contributed by atoms with van der Waals surface area (Å²) in [4.78, 5) is 4.97. The van der Waals surface area contributed by atoms with Crippen molar-refractivity contribution < 1.29 is 25.2 Å². The molecule has 0 N–H and O–H groups in total. The average molecular weight is 510 g/mol. The molecule has 0 fully saturated rings. The maximum Gasteiger partial charge on any atom is 0.220 e. The maximum atomic E-state index is 6.11. The molecule has 0 saturated heterocycles. The van der Waals surface area contributed by atoms with Crippen LogP contribution in [0.15, 0.2) is 89.9 Å². The van der Waals surface area contributed by atoms with E-state index in [2.05, 4.69) is 106 Å². The second-order valence-corrected chi connectivity index (χ2v) is 10.7. The molecule has 0 amide bonds. The Labute approximate surface area is 196 Å². The first-order valence-corrected chi connectivity index (χ1v) is 11.3. The van der Waals surface area contributed by atoms with E-state index in [-0.39, 0.29) is 39.3 Å². The van der Waals surface area contributed by atoms with E-state index < -0.39 is 7.92 Å². The Morgan fingerprint density at radius 2 is 1.30 bits per heavy atom. The van der Waals surface area contributed by atoms with Gasteiger partial charge in [-0.2, -0.15) is 0 Å². The quantitative estimate of drug-likeness (QED) is 0.281. The van der Waals surface area contributed by atoms with E-state index in [1.165, 1.54) is 15.9 Å². The molecule has 1 aliphatic rings. The van der Waals surface area contributed by atoms with Crippen LogP contribution in [0.3, 0.4) is 0 Å². The largest absolute Gasteiger partial charge is 0.475 e. The Bertz CT molecular complexity index is 928. The molecule has 0 spiro atoms. The van der Waals surface area contributed by atoms with Crippen molar-refractivity contribution in [1.82, 2.24) is 0 Å². The zero-order valence-electron chi connectivity index (χ0n) is 18.0. The number of aliphatic imine (C=N–C) groups is 1. The summed E-state index contributed by atoms with van der Waals surface area (Å²) in [6.07, 6.45) is 0. The zero-order valence-corrected chi connectivity index (χ0v) is 20.6. The van der Waals surface area contributed by atoms with Gasteiger partial charge in [-0.1, -0.05) is 69.3 Å². The third-order valence-corrected chi connectivity index (χ3v) is 8.00. The zero-order chi connectivity index (χ0) is 19.6. The Balaban J connectivity index is 0.00000160. The molecule has 1 heterocycles. The topological polar surface area (TPSA) is 21.6 Å². The SMILES string of the molecule is CC(C)(C)[C@@H]1COC(c2ccccc2[PH+](c2ccccc2)c2ccccc2)=N1.[CH3-].[Pd]. The summed E-state index contributed by atoms with van der Waals surface area (Å²) in [6, 6.07) is 30.5. The summed E-state index contributed by atoms with van der Waals surface area (Å²) in [6.45, 7) is 7.33. The van der Waals surface area contributed by atoms with Gasteiger partial charge < -0.3 is 12.2 Å². The fraction of sp³-hybridized carbons (Fsp3) is 0.231. The summed E-state index contributed by atoms with van der Waals surface area (Å²) in [7, 11) is -1.16. The standard InChI is InChI=1S/C25H26NOP.CH3.Pd/c1-25(2,3)23-18-27-24(26-23)21-16-10-11-17-22(21)28(19-12-6-4-7-13-19)20-14-8-5-9-15-20;;/h4-17,23H,18H2,1-3H3;1H3;/q;-1;/p+1/t23-;;/m0../s1. The van der Waals surface area contributed by atoms with E-state index in [0.717, 1.165) is 11.5 Å². The van der Waals surface area contributed by atoms with Crippen LogP contribution in [0.4, 0.5) is 0 Å². The third kappa shape index (κ3) is 5.28. The van der Waals surface area contributed by atoms with Crippen LogP contribution in [-0.4, -0.2) is 18.5 Å². The fourth-order valence-electron chi connectivity index (χ4n) is 3.54. The molecule has 3 aromatic carbocycles. The molecule has 1 atom stereocenters. The number of benzene rings is 3. The molecule has 1 aliphatic heterocycles. The van der Waals surface area contributed by atoms with Gasteiger partial charge in [-0.15, -0.1) is 0 Å². The molecule has 4 heteroatoms. The van der Waals surface area contributed by atoms with Crippen LogP contribution in [0, 0.1) is 12.8 Å². The number of ether oxygens (including phenoxy) is 1. The Morgan fingerprint density at radius 3 is 1.80 bits per heavy atom. The van der Waals surface area contributed by atoms with Gasteiger partial charge >= 0.3 is 0 Å². The van der Waals surface area contributed by atoms with E-state index >= 15 is 0 Å². The van der Waals surface area contributed by atoms with Crippen molar-refractivity contribution in [2.45, 2.75) is 26.8 Å². The Morgan fingerprint density at radius 1 is 0.800 bits per heavy atom. The van der Waals surface area contributed by atoms with Crippen molar-refractivity contribution in [3.05, 3.63) is 97.9 Å². The van der Waals surface area contributed by atoms with E-state index in [0.29, 0.717) is 6.61 Å². The average Bonchev–Trinajstić information content (AvgIpc) is 3.21. The van der Waals surface area contributed by atoms with E-state index in [4.69, 9.17) is 9.73 Å². The van der Waals surface area contributed by atoms with Gasteiger partial charge in [-0.25, -0.2) is 4.99 Å². The Kier molecular flexibility index (Phi) is 8.57. The van der Waals surface area contributed by atoms with E-state index in [9.17, 15) is 0 Å². The van der Waals surface area contributed by atoms with E-state index in [1.807, 2.05) is 0 Å². The molecular weight excluding hydrogens is 480 g/mol. The predicted octanol–water partition coefficient (Wildman–Crippen LogP) is 4.82. The van der Waals surface area contributed by atoms with Crippen molar-refractivity contribution in [3.8, 4) is 0 Å². The molecule has 0 radical (unpaired) electrons. The molecule has 0 saturated carbocycles. The van der Waals surface area contributed by atoms with Gasteiger partial charge in [0.2, 0.25) is 5.90 Å². The van der Waals surface area contributed by atoms with Crippen LogP contribution in [0.5, 0.6) is 0 Å². The third-order valence-electron chi connectivity index (χ3n) is 5.20. The van der Waals surface area contributed by atoms with Gasteiger partial charge in [0.15, 0.2) is 0 Å². The molecule has 160 valence electrons. The van der Waals surface area contributed by atoms with Crippen molar-refractivity contribution >= 4 is 29.7 Å². The summed E-state index contributed by atoms with van der Waals surface area (Å²) >= 11 is 0. The summed E-state index contributed by atoms with van der Waals surface area (Å²) in [5.74, 6) is 0.796. The summed E-state index contributed by atoms with van der Waals surface area (Å²) < 4.78 is 6.11. The van der Waals surface area contributed by atoms with Crippen LogP contribution >= 0.6 is 7.92 Å². The second-order valence-electron chi connectivity index (χ2n) is 8.28. The number of hydrogen-bond acceptors (Lipinski definition) is 2. The van der Waals surface area contributed by atoms with Crippen molar-refractivity contribution in [3.63, 3.8) is 0 Å². The summed E-state index contributed by atoms with van der Waals surface area (Å²) in [5, 5.41) is 4.08. The molecule has 30 heavy (non-hydrogen) atoms. The number of rotatable bonds is 4. The molecule has 0 aliphatic carbocycles. The molecular formula is C26H30NOPPd. The molecule has 0 aromatic heterocycles. The van der Waals surface area contributed by atoms with Crippen LogP contribution < -0.4 is 15.9 Å². The normalized spacial score (nSPS) is 15.6. The van der Waals surface area contributed by atoms with Gasteiger partial charge in [-0.05, 0) is 41.8 Å². The maximum absolute atomic E-state index is 6.11. The first kappa shape index (κ1) is 24.5. The smallest absolute Gasteiger partial charge is 0.220 e. The molecule has 0 unspecified atom stereocenters. The molecule has 2 nitrogen and oxygen atoms in total. The van der Waals surface area contributed by atoms with Gasteiger partial charge in [0.1, 0.15) is 22.5 Å². The van der Waals surface area contributed by atoms with Gasteiger partial charge in [0.25, 0.3) is 0 Å². The molecule has 4 rings (SSSR count). The number of hydrogen-bond donors (Lipinski definition) is 0. The minimum atomic E-state index is -1.16. The Hall–Kier alpha value is -1.78. The minimum Gasteiger partial charge on any atom is -0.475 e. The first-order chi connectivity index (χ1) is 13.5. The van der Waals surface area contributed by atoms with Crippen molar-refractivity contribution in [1.29, 1.82) is 0 Å². The summed E-state index contributed by atoms with van der Waals surface area (Å²) in [5.41, 5.74) is 1.24. The predicted molar refractivity (Wildman–Crippen MR) is 129 cm³/mol.